The standard InChI is InChI=1S/C20H28ClN5O3/c1-2-24-9-11-25(12-10-24)14-19(28)26-8-7-22-20(29)17(26)13-18(27)23-16-6-4-3-5-15(16)21/h3-6,17H,2,7-14H2,1H3,(H,22,29)(H,23,27)/t17-/m0/s1. The van der Waals surface area contributed by atoms with Crippen LogP contribution in [0.1, 0.15) is 13.3 Å². The summed E-state index contributed by atoms with van der Waals surface area (Å²) in [5, 5.41) is 5.91. The van der Waals surface area contributed by atoms with Gasteiger partial charge < -0.3 is 20.4 Å². The fourth-order valence-corrected chi connectivity index (χ4v) is 3.88. The van der Waals surface area contributed by atoms with E-state index in [-0.39, 0.29) is 30.7 Å². The number of halogens is 1. The number of piperazine rings is 2. The van der Waals surface area contributed by atoms with Crippen molar-refractivity contribution in [2.75, 3.05) is 57.7 Å². The van der Waals surface area contributed by atoms with Crippen LogP contribution in [-0.4, -0.2) is 90.8 Å². The molecular formula is C20H28ClN5O3. The third-order valence-electron chi connectivity index (χ3n) is 5.45. The smallest absolute Gasteiger partial charge is 0.243 e. The van der Waals surface area contributed by atoms with E-state index >= 15 is 0 Å². The molecule has 2 fully saturated rings. The second-order valence-corrected chi connectivity index (χ2v) is 7.74. The predicted octanol–water partition coefficient (Wildman–Crippen LogP) is 0.633. The molecule has 3 rings (SSSR count). The lowest BCUT2D eigenvalue weighted by molar-refractivity contribution is -0.145. The summed E-state index contributed by atoms with van der Waals surface area (Å²) >= 11 is 6.08. The largest absolute Gasteiger partial charge is 0.353 e. The van der Waals surface area contributed by atoms with Crippen LogP contribution in [-0.2, 0) is 14.4 Å². The van der Waals surface area contributed by atoms with Gasteiger partial charge in [0.2, 0.25) is 17.7 Å². The normalized spacial score (nSPS) is 21.0. The Hall–Kier alpha value is -2.16. The minimum Gasteiger partial charge on any atom is -0.353 e. The van der Waals surface area contributed by atoms with Gasteiger partial charge in [-0.3, -0.25) is 19.3 Å². The van der Waals surface area contributed by atoms with Crippen molar-refractivity contribution < 1.29 is 14.4 Å². The van der Waals surface area contributed by atoms with E-state index in [0.717, 1.165) is 32.7 Å². The van der Waals surface area contributed by atoms with Crippen LogP contribution in [0.4, 0.5) is 5.69 Å². The van der Waals surface area contributed by atoms with Crippen LogP contribution >= 0.6 is 11.6 Å². The Kier molecular flexibility index (Phi) is 7.46. The number of rotatable bonds is 6. The Balaban J connectivity index is 1.59. The summed E-state index contributed by atoms with van der Waals surface area (Å²) < 4.78 is 0. The molecule has 2 heterocycles. The highest BCUT2D eigenvalue weighted by atomic mass is 35.5. The van der Waals surface area contributed by atoms with Crippen molar-refractivity contribution in [3.63, 3.8) is 0 Å². The number of hydrogen-bond acceptors (Lipinski definition) is 5. The van der Waals surface area contributed by atoms with Gasteiger partial charge in [0.25, 0.3) is 0 Å². The average Bonchev–Trinajstić information content (AvgIpc) is 2.71. The molecule has 2 aliphatic heterocycles. The van der Waals surface area contributed by atoms with Gasteiger partial charge in [-0.15, -0.1) is 0 Å². The molecule has 0 radical (unpaired) electrons. The first-order valence-corrected chi connectivity index (χ1v) is 10.4. The van der Waals surface area contributed by atoms with E-state index in [1.807, 2.05) is 0 Å². The van der Waals surface area contributed by atoms with Crippen LogP contribution in [0.3, 0.4) is 0 Å². The second-order valence-electron chi connectivity index (χ2n) is 7.34. The van der Waals surface area contributed by atoms with Crippen molar-refractivity contribution >= 4 is 35.0 Å². The molecule has 2 N–H and O–H groups in total. The number of carbonyl (C=O) groups excluding carboxylic acids is 3. The van der Waals surface area contributed by atoms with Gasteiger partial charge in [-0.2, -0.15) is 0 Å². The van der Waals surface area contributed by atoms with Crippen LogP contribution in [0.2, 0.25) is 5.02 Å². The van der Waals surface area contributed by atoms with Crippen LogP contribution in [0.15, 0.2) is 24.3 Å². The van der Waals surface area contributed by atoms with Gasteiger partial charge in [0.1, 0.15) is 6.04 Å². The molecule has 8 nitrogen and oxygen atoms in total. The molecule has 2 saturated heterocycles. The maximum atomic E-state index is 12.9. The molecular weight excluding hydrogens is 394 g/mol. The SMILES string of the molecule is CCN1CCN(CC(=O)N2CCNC(=O)[C@@H]2CC(=O)Nc2ccccc2Cl)CC1. The third-order valence-corrected chi connectivity index (χ3v) is 5.78. The van der Waals surface area contributed by atoms with Crippen molar-refractivity contribution in [3.05, 3.63) is 29.3 Å². The van der Waals surface area contributed by atoms with Crippen LogP contribution in [0.5, 0.6) is 0 Å². The van der Waals surface area contributed by atoms with Crippen LogP contribution in [0.25, 0.3) is 0 Å². The van der Waals surface area contributed by atoms with Gasteiger partial charge in [-0.1, -0.05) is 30.7 Å². The minimum atomic E-state index is -0.810. The molecule has 1 aromatic rings. The first-order valence-electron chi connectivity index (χ1n) is 10.0. The van der Waals surface area contributed by atoms with Crippen molar-refractivity contribution in [2.24, 2.45) is 0 Å². The van der Waals surface area contributed by atoms with Crippen molar-refractivity contribution in [1.82, 2.24) is 20.0 Å². The molecule has 0 aliphatic carbocycles. The molecule has 3 amide bonds. The number of anilines is 1. The lowest BCUT2D eigenvalue weighted by Gasteiger charge is -2.38. The molecule has 0 saturated carbocycles. The Labute approximate surface area is 176 Å². The van der Waals surface area contributed by atoms with Crippen molar-refractivity contribution in [2.45, 2.75) is 19.4 Å². The van der Waals surface area contributed by atoms with E-state index in [4.69, 9.17) is 11.6 Å². The monoisotopic (exact) mass is 421 g/mol. The molecule has 0 spiro atoms. The Morgan fingerprint density at radius 2 is 1.83 bits per heavy atom. The molecule has 0 aromatic heterocycles. The van der Waals surface area contributed by atoms with Gasteiger partial charge in [0.15, 0.2) is 0 Å². The van der Waals surface area contributed by atoms with Gasteiger partial charge >= 0.3 is 0 Å². The third kappa shape index (κ3) is 5.68. The number of carbonyl (C=O) groups is 3. The highest BCUT2D eigenvalue weighted by Gasteiger charge is 2.35. The summed E-state index contributed by atoms with van der Waals surface area (Å²) in [4.78, 5) is 43.8. The summed E-state index contributed by atoms with van der Waals surface area (Å²) in [6.45, 7) is 7.76. The van der Waals surface area contributed by atoms with E-state index in [9.17, 15) is 14.4 Å². The second kappa shape index (κ2) is 10.0. The van der Waals surface area contributed by atoms with Crippen LogP contribution < -0.4 is 10.6 Å². The van der Waals surface area contributed by atoms with Gasteiger partial charge in [0.05, 0.1) is 23.7 Å². The lowest BCUT2D eigenvalue weighted by atomic mass is 10.1. The molecule has 29 heavy (non-hydrogen) atoms. The number of nitrogens with one attached hydrogen (secondary N) is 2. The zero-order chi connectivity index (χ0) is 20.8. The zero-order valence-electron chi connectivity index (χ0n) is 16.7. The topological polar surface area (TPSA) is 85.0 Å². The van der Waals surface area contributed by atoms with Gasteiger partial charge in [-0.05, 0) is 18.7 Å². The number of likely N-dealkylation sites (N-methyl/N-ethyl adjacent to an activating group) is 1. The summed E-state index contributed by atoms with van der Waals surface area (Å²) in [5.74, 6) is -0.760. The van der Waals surface area contributed by atoms with Gasteiger partial charge in [0, 0.05) is 39.3 Å². The summed E-state index contributed by atoms with van der Waals surface area (Å²) in [5.41, 5.74) is 0.488. The molecule has 9 heteroatoms. The van der Waals surface area contributed by atoms with Crippen molar-refractivity contribution in [3.8, 4) is 0 Å². The van der Waals surface area contributed by atoms with E-state index in [1.54, 1.807) is 24.3 Å². The minimum absolute atomic E-state index is 0.105. The maximum absolute atomic E-state index is 12.9. The number of hydrogen-bond donors (Lipinski definition) is 2. The first kappa shape index (κ1) is 21.5. The maximum Gasteiger partial charge on any atom is 0.243 e. The number of nitrogens with zero attached hydrogens (tertiary/aromatic N) is 3. The summed E-state index contributed by atoms with van der Waals surface area (Å²) in [6.07, 6.45) is -0.105. The highest BCUT2D eigenvalue weighted by Crippen LogP contribution is 2.21. The van der Waals surface area contributed by atoms with E-state index < -0.39 is 6.04 Å². The van der Waals surface area contributed by atoms with E-state index in [1.165, 1.54) is 4.90 Å². The predicted molar refractivity (Wildman–Crippen MR) is 112 cm³/mol. The molecule has 0 unspecified atom stereocenters. The Morgan fingerprint density at radius 1 is 1.14 bits per heavy atom. The number of amides is 3. The number of para-hydroxylation sites is 1. The Bertz CT molecular complexity index is 751. The highest BCUT2D eigenvalue weighted by molar-refractivity contribution is 6.33. The Morgan fingerprint density at radius 3 is 2.52 bits per heavy atom. The molecule has 2 aliphatic rings. The summed E-state index contributed by atoms with van der Waals surface area (Å²) in [6, 6.07) is 6.10. The quantitative estimate of drug-likeness (QED) is 0.704. The molecule has 158 valence electrons. The fourth-order valence-electron chi connectivity index (χ4n) is 3.70. The molecule has 1 aromatic carbocycles. The molecule has 0 bridgehead atoms. The average molecular weight is 422 g/mol. The van der Waals surface area contributed by atoms with Crippen LogP contribution in [0, 0.1) is 0 Å². The fraction of sp³-hybridized carbons (Fsp3) is 0.550. The van der Waals surface area contributed by atoms with Crippen molar-refractivity contribution in [1.29, 1.82) is 0 Å². The zero-order valence-corrected chi connectivity index (χ0v) is 17.5. The van der Waals surface area contributed by atoms with Gasteiger partial charge in [-0.25, -0.2) is 0 Å². The van der Waals surface area contributed by atoms with E-state index in [0.29, 0.717) is 23.8 Å². The first-order chi connectivity index (χ1) is 14.0. The van der Waals surface area contributed by atoms with E-state index in [2.05, 4.69) is 27.4 Å². The lowest BCUT2D eigenvalue weighted by Crippen LogP contribution is -2.60. The molecule has 1 atom stereocenters. The number of benzene rings is 1. The summed E-state index contributed by atoms with van der Waals surface area (Å²) in [7, 11) is 0.